The van der Waals surface area contributed by atoms with Crippen molar-refractivity contribution in [2.75, 3.05) is 0 Å². The molecule has 0 aliphatic heterocycles. The molecule has 1 aromatic rings. The molecule has 0 N–H and O–H groups in total. The highest BCUT2D eigenvalue weighted by atomic mass is 35.5. The number of carbonyl (C=O) groups excluding carboxylic acids is 1. The number of carbonyl (C=O) groups is 1. The van der Waals surface area contributed by atoms with Gasteiger partial charge in [-0.25, -0.2) is 0 Å². The van der Waals surface area contributed by atoms with Crippen molar-refractivity contribution in [3.8, 4) is 0 Å². The summed E-state index contributed by atoms with van der Waals surface area (Å²) in [6.45, 7) is 2.27. The van der Waals surface area contributed by atoms with Crippen molar-refractivity contribution >= 4 is 17.4 Å². The summed E-state index contributed by atoms with van der Waals surface area (Å²) >= 11 is 6.29. The number of hydrogen-bond donors (Lipinski definition) is 0. The minimum atomic E-state index is -0.356. The van der Waals surface area contributed by atoms with E-state index in [0.29, 0.717) is 6.42 Å². The van der Waals surface area contributed by atoms with Crippen LogP contribution in [-0.2, 0) is 11.2 Å². The summed E-state index contributed by atoms with van der Waals surface area (Å²) in [6.07, 6.45) is 5.06. The minimum absolute atomic E-state index is 0.201. The Hall–Kier alpha value is -0.820. The second kappa shape index (κ2) is 6.38. The van der Waals surface area contributed by atoms with Crippen molar-refractivity contribution in [1.29, 1.82) is 0 Å². The normalized spacial score (nSPS) is 25.7. The summed E-state index contributed by atoms with van der Waals surface area (Å²) < 4.78 is 0. The fraction of sp³-hybridized carbons (Fsp3) is 0.562. The van der Waals surface area contributed by atoms with Crippen molar-refractivity contribution in [1.82, 2.24) is 0 Å². The molecule has 2 rings (SSSR count). The highest BCUT2D eigenvalue weighted by Gasteiger charge is 2.28. The van der Waals surface area contributed by atoms with Gasteiger partial charge in [-0.1, -0.05) is 50.1 Å². The van der Waals surface area contributed by atoms with Crippen molar-refractivity contribution in [2.45, 2.75) is 44.4 Å². The van der Waals surface area contributed by atoms with Gasteiger partial charge in [-0.3, -0.25) is 4.79 Å². The number of benzene rings is 1. The number of ketones is 1. The van der Waals surface area contributed by atoms with E-state index in [2.05, 4.69) is 6.92 Å². The molecule has 18 heavy (non-hydrogen) atoms. The van der Waals surface area contributed by atoms with Crippen LogP contribution in [0.4, 0.5) is 0 Å². The lowest BCUT2D eigenvalue weighted by molar-refractivity contribution is -0.123. The van der Waals surface area contributed by atoms with Crippen LogP contribution in [0.5, 0.6) is 0 Å². The molecule has 2 heteroatoms. The number of hydrogen-bond acceptors (Lipinski definition) is 1. The second-order valence-electron chi connectivity index (χ2n) is 5.52. The fourth-order valence-corrected chi connectivity index (χ4v) is 3.08. The molecule has 1 atom stereocenters. The summed E-state index contributed by atoms with van der Waals surface area (Å²) in [5.74, 6) is 1.23. The molecular weight excluding hydrogens is 244 g/mol. The Morgan fingerprint density at radius 1 is 1.22 bits per heavy atom. The van der Waals surface area contributed by atoms with Crippen LogP contribution in [0.25, 0.3) is 0 Å². The van der Waals surface area contributed by atoms with E-state index >= 15 is 0 Å². The first kappa shape index (κ1) is 13.6. The molecule has 1 saturated carbocycles. The molecule has 0 spiro atoms. The maximum absolute atomic E-state index is 12.3. The Balaban J connectivity index is 1.89. The van der Waals surface area contributed by atoms with Gasteiger partial charge >= 0.3 is 0 Å². The number of halogens is 1. The van der Waals surface area contributed by atoms with Crippen molar-refractivity contribution in [3.05, 3.63) is 35.9 Å². The van der Waals surface area contributed by atoms with E-state index in [-0.39, 0.29) is 17.1 Å². The van der Waals surface area contributed by atoms with Crippen molar-refractivity contribution < 1.29 is 4.79 Å². The van der Waals surface area contributed by atoms with Crippen molar-refractivity contribution in [3.63, 3.8) is 0 Å². The third-order valence-electron chi connectivity index (χ3n) is 3.98. The Morgan fingerprint density at radius 3 is 2.44 bits per heavy atom. The lowest BCUT2D eigenvalue weighted by Gasteiger charge is -2.26. The molecule has 1 fully saturated rings. The van der Waals surface area contributed by atoms with Gasteiger partial charge in [0.2, 0.25) is 0 Å². The quantitative estimate of drug-likeness (QED) is 0.744. The molecule has 1 aliphatic carbocycles. The highest BCUT2D eigenvalue weighted by molar-refractivity contribution is 6.31. The van der Waals surface area contributed by atoms with Crippen LogP contribution in [0.15, 0.2) is 30.3 Å². The van der Waals surface area contributed by atoms with Gasteiger partial charge in [0.15, 0.2) is 5.78 Å². The maximum atomic E-state index is 12.3. The predicted molar refractivity (Wildman–Crippen MR) is 75.9 cm³/mol. The van der Waals surface area contributed by atoms with E-state index in [1.165, 1.54) is 12.8 Å². The molecule has 0 amide bonds. The predicted octanol–water partition coefficient (Wildman–Crippen LogP) is 4.23. The van der Waals surface area contributed by atoms with E-state index in [1.807, 2.05) is 30.3 Å². The van der Waals surface area contributed by atoms with Gasteiger partial charge in [-0.05, 0) is 30.7 Å². The first-order valence-electron chi connectivity index (χ1n) is 6.88. The molecule has 0 heterocycles. The van der Waals surface area contributed by atoms with Gasteiger partial charge in [-0.2, -0.15) is 0 Å². The van der Waals surface area contributed by atoms with E-state index in [4.69, 9.17) is 11.6 Å². The fourth-order valence-electron chi connectivity index (χ4n) is 2.72. The van der Waals surface area contributed by atoms with E-state index in [0.717, 1.165) is 24.3 Å². The number of alkyl halides is 1. The summed E-state index contributed by atoms with van der Waals surface area (Å²) in [5, 5.41) is -0.356. The van der Waals surface area contributed by atoms with Crippen LogP contribution < -0.4 is 0 Å². The van der Waals surface area contributed by atoms with E-state index in [9.17, 15) is 4.79 Å². The molecule has 1 aromatic carbocycles. The summed E-state index contributed by atoms with van der Waals surface area (Å²) in [7, 11) is 0. The summed E-state index contributed by atoms with van der Waals surface area (Å²) in [4.78, 5) is 12.3. The Kier molecular flexibility index (Phi) is 4.82. The van der Waals surface area contributed by atoms with Crippen LogP contribution in [-0.4, -0.2) is 11.2 Å². The van der Waals surface area contributed by atoms with Gasteiger partial charge < -0.3 is 0 Å². The molecule has 0 aromatic heterocycles. The zero-order valence-electron chi connectivity index (χ0n) is 10.9. The first-order valence-corrected chi connectivity index (χ1v) is 7.32. The van der Waals surface area contributed by atoms with Gasteiger partial charge in [-0.15, -0.1) is 11.6 Å². The van der Waals surface area contributed by atoms with Gasteiger partial charge in [0.25, 0.3) is 0 Å². The summed E-state index contributed by atoms with van der Waals surface area (Å²) in [6, 6.07) is 10.0. The standard InChI is InChI=1S/C16H21ClO/c1-12-7-9-14(10-8-12)16(18)15(17)11-13-5-3-2-4-6-13/h2-6,12,14-15H,7-11H2,1H3/t12?,14?,15-/m0/s1. The Bertz CT molecular complexity index is 379. The molecule has 98 valence electrons. The lowest BCUT2D eigenvalue weighted by Crippen LogP contribution is -2.29. The highest BCUT2D eigenvalue weighted by Crippen LogP contribution is 2.30. The zero-order chi connectivity index (χ0) is 13.0. The third-order valence-corrected chi connectivity index (χ3v) is 4.35. The van der Waals surface area contributed by atoms with Gasteiger partial charge in [0.1, 0.15) is 0 Å². The third kappa shape index (κ3) is 3.58. The van der Waals surface area contributed by atoms with E-state index in [1.54, 1.807) is 0 Å². The Labute approximate surface area is 115 Å². The van der Waals surface area contributed by atoms with Crippen LogP contribution in [0.3, 0.4) is 0 Å². The molecule has 0 saturated heterocycles. The Morgan fingerprint density at radius 2 is 1.83 bits per heavy atom. The largest absolute Gasteiger partial charge is 0.298 e. The molecule has 1 nitrogen and oxygen atoms in total. The van der Waals surface area contributed by atoms with Gasteiger partial charge in [0.05, 0.1) is 5.38 Å². The molecule has 0 unspecified atom stereocenters. The van der Waals surface area contributed by atoms with Crippen molar-refractivity contribution in [2.24, 2.45) is 11.8 Å². The van der Waals surface area contributed by atoms with E-state index < -0.39 is 0 Å². The van der Waals surface area contributed by atoms with Crippen LogP contribution >= 0.6 is 11.6 Å². The monoisotopic (exact) mass is 264 g/mol. The smallest absolute Gasteiger partial charge is 0.154 e. The number of rotatable bonds is 4. The molecule has 1 aliphatic rings. The lowest BCUT2D eigenvalue weighted by atomic mass is 9.79. The molecular formula is C16H21ClO. The van der Waals surface area contributed by atoms with Crippen LogP contribution in [0.2, 0.25) is 0 Å². The number of Topliss-reactive ketones (excluding diaryl/α,β-unsaturated/α-hetero) is 1. The van der Waals surface area contributed by atoms with Crippen LogP contribution in [0, 0.1) is 11.8 Å². The SMILES string of the molecule is CC1CCC(C(=O)[C@@H](Cl)Cc2ccccc2)CC1. The average Bonchev–Trinajstić information content (AvgIpc) is 2.40. The molecule has 0 radical (unpaired) electrons. The molecule has 0 bridgehead atoms. The van der Waals surface area contributed by atoms with Crippen LogP contribution in [0.1, 0.15) is 38.2 Å². The second-order valence-corrected chi connectivity index (χ2v) is 6.04. The van der Waals surface area contributed by atoms with Gasteiger partial charge in [0, 0.05) is 5.92 Å². The minimum Gasteiger partial charge on any atom is -0.298 e. The average molecular weight is 265 g/mol. The zero-order valence-corrected chi connectivity index (χ0v) is 11.7. The maximum Gasteiger partial charge on any atom is 0.154 e. The first-order chi connectivity index (χ1) is 8.66. The topological polar surface area (TPSA) is 17.1 Å². The summed E-state index contributed by atoms with van der Waals surface area (Å²) in [5.41, 5.74) is 1.15.